The van der Waals surface area contributed by atoms with Crippen molar-refractivity contribution in [1.29, 1.82) is 0 Å². The number of carbonyl (C=O) groups excluding carboxylic acids is 1. The Labute approximate surface area is 113 Å². The van der Waals surface area contributed by atoms with E-state index in [2.05, 4.69) is 10.3 Å². The third kappa shape index (κ3) is 3.82. The average molecular weight is 282 g/mol. The number of rotatable bonds is 4. The highest BCUT2D eigenvalue weighted by Crippen LogP contribution is 2.17. The number of anilines is 1. The van der Waals surface area contributed by atoms with E-state index >= 15 is 0 Å². The van der Waals surface area contributed by atoms with Crippen LogP contribution in [0.5, 0.6) is 0 Å². The molecule has 0 aliphatic rings. The second-order valence-corrected chi connectivity index (χ2v) is 5.29. The largest absolute Gasteiger partial charge is 0.302 e. The molecule has 0 atom stereocenters. The molecular weight excluding hydrogens is 270 g/mol. The SMILES string of the molecule is Cc1cnc(NC(=O)CCc2cc(F)ccc2F)s1. The second kappa shape index (κ2) is 5.88. The standard InChI is InChI=1S/C13H12F2N2OS/c1-8-7-16-13(19-8)17-12(18)5-2-9-6-10(14)3-4-11(9)15/h3-4,6-7H,2,5H2,1H3,(H,16,17,18). The summed E-state index contributed by atoms with van der Waals surface area (Å²) in [7, 11) is 0. The zero-order valence-corrected chi connectivity index (χ0v) is 11.1. The number of amides is 1. The van der Waals surface area contributed by atoms with Gasteiger partial charge in [0.15, 0.2) is 5.13 Å². The summed E-state index contributed by atoms with van der Waals surface area (Å²) in [6, 6.07) is 3.22. The molecule has 100 valence electrons. The smallest absolute Gasteiger partial charge is 0.226 e. The lowest BCUT2D eigenvalue weighted by Gasteiger charge is -2.03. The van der Waals surface area contributed by atoms with E-state index in [9.17, 15) is 13.6 Å². The minimum atomic E-state index is -0.507. The van der Waals surface area contributed by atoms with Gasteiger partial charge in [-0.25, -0.2) is 13.8 Å². The van der Waals surface area contributed by atoms with Crippen molar-refractivity contribution >= 4 is 22.4 Å². The van der Waals surface area contributed by atoms with E-state index < -0.39 is 11.6 Å². The van der Waals surface area contributed by atoms with Crippen LogP contribution in [0.2, 0.25) is 0 Å². The van der Waals surface area contributed by atoms with Gasteiger partial charge in [0, 0.05) is 17.5 Å². The summed E-state index contributed by atoms with van der Waals surface area (Å²) in [6.45, 7) is 1.88. The van der Waals surface area contributed by atoms with Crippen LogP contribution in [0, 0.1) is 18.6 Å². The van der Waals surface area contributed by atoms with Crippen molar-refractivity contribution in [1.82, 2.24) is 4.98 Å². The Morgan fingerprint density at radius 1 is 1.42 bits per heavy atom. The zero-order chi connectivity index (χ0) is 13.8. The van der Waals surface area contributed by atoms with Gasteiger partial charge in [0.1, 0.15) is 11.6 Å². The van der Waals surface area contributed by atoms with Crippen molar-refractivity contribution in [3.05, 3.63) is 46.5 Å². The van der Waals surface area contributed by atoms with Gasteiger partial charge in [-0.2, -0.15) is 0 Å². The van der Waals surface area contributed by atoms with Crippen molar-refractivity contribution in [2.75, 3.05) is 5.32 Å². The lowest BCUT2D eigenvalue weighted by atomic mass is 10.1. The number of benzene rings is 1. The minimum absolute atomic E-state index is 0.0823. The van der Waals surface area contributed by atoms with E-state index in [1.54, 1.807) is 6.20 Å². The fourth-order valence-corrected chi connectivity index (χ4v) is 2.26. The van der Waals surface area contributed by atoms with E-state index in [1.165, 1.54) is 11.3 Å². The molecule has 0 aliphatic carbocycles. The molecule has 2 aromatic rings. The number of nitrogens with one attached hydrogen (secondary N) is 1. The van der Waals surface area contributed by atoms with Gasteiger partial charge < -0.3 is 5.32 Å². The van der Waals surface area contributed by atoms with Crippen LogP contribution in [-0.4, -0.2) is 10.9 Å². The van der Waals surface area contributed by atoms with Gasteiger partial charge >= 0.3 is 0 Å². The summed E-state index contributed by atoms with van der Waals surface area (Å²) >= 11 is 1.37. The Balaban J connectivity index is 1.91. The fourth-order valence-electron chi connectivity index (χ4n) is 1.58. The highest BCUT2D eigenvalue weighted by molar-refractivity contribution is 7.15. The van der Waals surface area contributed by atoms with Crippen LogP contribution in [0.3, 0.4) is 0 Å². The maximum absolute atomic E-state index is 13.3. The number of hydrogen-bond donors (Lipinski definition) is 1. The molecule has 3 nitrogen and oxygen atoms in total. The van der Waals surface area contributed by atoms with Gasteiger partial charge in [-0.1, -0.05) is 0 Å². The quantitative estimate of drug-likeness (QED) is 0.935. The predicted molar refractivity (Wildman–Crippen MR) is 70.2 cm³/mol. The summed E-state index contributed by atoms with van der Waals surface area (Å²) in [5.74, 6) is -1.27. The molecule has 2 rings (SSSR count). The number of aryl methyl sites for hydroxylation is 2. The third-order valence-corrected chi connectivity index (χ3v) is 3.32. The van der Waals surface area contributed by atoms with Crippen LogP contribution in [0.1, 0.15) is 16.9 Å². The van der Waals surface area contributed by atoms with Crippen molar-refractivity contribution in [3.8, 4) is 0 Å². The normalized spacial score (nSPS) is 10.5. The number of hydrogen-bond acceptors (Lipinski definition) is 3. The molecule has 6 heteroatoms. The Bertz CT molecular complexity index is 598. The van der Waals surface area contributed by atoms with Crippen LogP contribution in [-0.2, 0) is 11.2 Å². The van der Waals surface area contributed by atoms with Gasteiger partial charge in [-0.05, 0) is 37.1 Å². The molecule has 0 saturated carbocycles. The van der Waals surface area contributed by atoms with Gasteiger partial charge in [0.2, 0.25) is 5.91 Å². The summed E-state index contributed by atoms with van der Waals surface area (Å²) in [4.78, 5) is 16.6. The molecule has 0 aliphatic heterocycles. The number of halogens is 2. The predicted octanol–water partition coefficient (Wildman–Crippen LogP) is 3.30. The van der Waals surface area contributed by atoms with Crippen molar-refractivity contribution in [3.63, 3.8) is 0 Å². The molecular formula is C13H12F2N2OS. The number of nitrogens with zero attached hydrogens (tertiary/aromatic N) is 1. The van der Waals surface area contributed by atoms with Gasteiger partial charge in [-0.15, -0.1) is 11.3 Å². The summed E-state index contributed by atoms with van der Waals surface area (Å²) in [6.07, 6.45) is 1.89. The first-order valence-corrected chi connectivity index (χ1v) is 6.52. The fraction of sp³-hybridized carbons (Fsp3) is 0.231. The first kappa shape index (κ1) is 13.6. The second-order valence-electron chi connectivity index (χ2n) is 4.06. The molecule has 0 fully saturated rings. The summed E-state index contributed by atoms with van der Waals surface area (Å²) in [5, 5.41) is 3.14. The molecule has 0 bridgehead atoms. The monoisotopic (exact) mass is 282 g/mol. The Hall–Kier alpha value is -1.82. The Morgan fingerprint density at radius 3 is 2.89 bits per heavy atom. The zero-order valence-electron chi connectivity index (χ0n) is 10.2. The Kier molecular flexibility index (Phi) is 4.21. The molecule has 0 saturated heterocycles. The van der Waals surface area contributed by atoms with Crippen LogP contribution in [0.15, 0.2) is 24.4 Å². The molecule has 19 heavy (non-hydrogen) atoms. The minimum Gasteiger partial charge on any atom is -0.302 e. The molecule has 0 unspecified atom stereocenters. The lowest BCUT2D eigenvalue weighted by molar-refractivity contribution is -0.116. The van der Waals surface area contributed by atoms with Crippen LogP contribution < -0.4 is 5.32 Å². The summed E-state index contributed by atoms with van der Waals surface area (Å²) < 4.78 is 26.3. The van der Waals surface area contributed by atoms with Crippen molar-refractivity contribution < 1.29 is 13.6 Å². The Morgan fingerprint density at radius 2 is 2.21 bits per heavy atom. The lowest BCUT2D eigenvalue weighted by Crippen LogP contribution is -2.12. The number of aromatic nitrogens is 1. The average Bonchev–Trinajstić information content (AvgIpc) is 2.76. The highest BCUT2D eigenvalue weighted by Gasteiger charge is 2.09. The molecule has 1 heterocycles. The van der Waals surface area contributed by atoms with E-state index in [0.717, 1.165) is 23.1 Å². The van der Waals surface area contributed by atoms with E-state index in [-0.39, 0.29) is 24.3 Å². The van der Waals surface area contributed by atoms with Crippen LogP contribution in [0.4, 0.5) is 13.9 Å². The third-order valence-electron chi connectivity index (χ3n) is 2.50. The van der Waals surface area contributed by atoms with Crippen molar-refractivity contribution in [2.24, 2.45) is 0 Å². The maximum atomic E-state index is 13.3. The van der Waals surface area contributed by atoms with E-state index in [0.29, 0.717) is 5.13 Å². The van der Waals surface area contributed by atoms with Gasteiger partial charge in [-0.3, -0.25) is 4.79 Å². The summed E-state index contributed by atoms with van der Waals surface area (Å²) in [5.41, 5.74) is 0.200. The van der Waals surface area contributed by atoms with E-state index in [4.69, 9.17) is 0 Å². The molecule has 0 spiro atoms. The molecule has 1 aromatic carbocycles. The number of carbonyl (C=O) groups is 1. The molecule has 1 N–H and O–H groups in total. The molecule has 1 amide bonds. The van der Waals surface area contributed by atoms with Crippen molar-refractivity contribution in [2.45, 2.75) is 19.8 Å². The van der Waals surface area contributed by atoms with Gasteiger partial charge in [0.05, 0.1) is 0 Å². The van der Waals surface area contributed by atoms with Crippen LogP contribution in [0.25, 0.3) is 0 Å². The topological polar surface area (TPSA) is 42.0 Å². The molecule has 1 aromatic heterocycles. The molecule has 0 radical (unpaired) electrons. The van der Waals surface area contributed by atoms with E-state index in [1.807, 2.05) is 6.92 Å². The first-order valence-electron chi connectivity index (χ1n) is 5.71. The van der Waals surface area contributed by atoms with Gasteiger partial charge in [0.25, 0.3) is 0 Å². The maximum Gasteiger partial charge on any atom is 0.226 e. The number of thiazole rings is 1. The highest BCUT2D eigenvalue weighted by atomic mass is 32.1. The van der Waals surface area contributed by atoms with Crippen LogP contribution >= 0.6 is 11.3 Å². The first-order chi connectivity index (χ1) is 9.04.